The number of amides is 1. The summed E-state index contributed by atoms with van der Waals surface area (Å²) in [6, 6.07) is 11.3. The SMILES string of the molecule is CCOc1ccc(C(=O)N2CCN(c3ccc(-c4noc(C5CCCC5)n4)cn3)CC2)cc1. The molecule has 3 aromatic rings. The lowest BCUT2D eigenvalue weighted by molar-refractivity contribution is 0.0746. The fraction of sp³-hybridized carbons (Fsp3) is 0.440. The Morgan fingerprint density at radius 1 is 1.06 bits per heavy atom. The van der Waals surface area contributed by atoms with Crippen LogP contribution in [0.2, 0.25) is 0 Å². The Hall–Kier alpha value is -3.42. The van der Waals surface area contributed by atoms with Gasteiger partial charge in [0, 0.05) is 49.4 Å². The second-order valence-electron chi connectivity index (χ2n) is 8.58. The van der Waals surface area contributed by atoms with E-state index in [0.29, 0.717) is 37.0 Å². The Morgan fingerprint density at radius 2 is 1.82 bits per heavy atom. The Labute approximate surface area is 193 Å². The fourth-order valence-corrected chi connectivity index (χ4v) is 4.58. The molecule has 2 fully saturated rings. The maximum atomic E-state index is 12.8. The van der Waals surface area contributed by atoms with Gasteiger partial charge in [-0.05, 0) is 56.2 Å². The lowest BCUT2D eigenvalue weighted by Crippen LogP contribution is -2.49. The van der Waals surface area contributed by atoms with Crippen molar-refractivity contribution < 1.29 is 14.1 Å². The molecule has 1 aliphatic carbocycles. The zero-order valence-electron chi connectivity index (χ0n) is 18.9. The molecule has 1 amide bonds. The van der Waals surface area contributed by atoms with Gasteiger partial charge >= 0.3 is 0 Å². The van der Waals surface area contributed by atoms with Gasteiger partial charge in [0.1, 0.15) is 11.6 Å². The number of carbonyl (C=O) groups excluding carboxylic acids is 1. The summed E-state index contributed by atoms with van der Waals surface area (Å²) in [6.07, 6.45) is 6.53. The van der Waals surface area contributed by atoms with Crippen LogP contribution in [-0.2, 0) is 0 Å². The monoisotopic (exact) mass is 447 g/mol. The van der Waals surface area contributed by atoms with Gasteiger partial charge in [-0.3, -0.25) is 4.79 Å². The zero-order chi connectivity index (χ0) is 22.6. The van der Waals surface area contributed by atoms with Crippen LogP contribution in [0.15, 0.2) is 47.1 Å². The predicted octanol–water partition coefficient (Wildman–Crippen LogP) is 4.15. The van der Waals surface area contributed by atoms with Gasteiger partial charge in [-0.15, -0.1) is 0 Å². The molecule has 8 heteroatoms. The molecule has 33 heavy (non-hydrogen) atoms. The predicted molar refractivity (Wildman–Crippen MR) is 124 cm³/mol. The van der Waals surface area contributed by atoms with E-state index >= 15 is 0 Å². The quantitative estimate of drug-likeness (QED) is 0.561. The average Bonchev–Trinajstić information content (AvgIpc) is 3.57. The lowest BCUT2D eigenvalue weighted by Gasteiger charge is -2.35. The summed E-state index contributed by atoms with van der Waals surface area (Å²) < 4.78 is 11.0. The van der Waals surface area contributed by atoms with Crippen LogP contribution in [0.5, 0.6) is 5.75 Å². The maximum Gasteiger partial charge on any atom is 0.253 e. The van der Waals surface area contributed by atoms with E-state index in [1.807, 2.05) is 48.2 Å². The molecule has 3 heterocycles. The van der Waals surface area contributed by atoms with Gasteiger partial charge in [-0.1, -0.05) is 18.0 Å². The summed E-state index contributed by atoms with van der Waals surface area (Å²) in [7, 11) is 0. The van der Waals surface area contributed by atoms with Crippen molar-refractivity contribution in [2.75, 3.05) is 37.7 Å². The Bertz CT molecular complexity index is 1070. The molecule has 1 aromatic carbocycles. The van der Waals surface area contributed by atoms with Gasteiger partial charge in [0.2, 0.25) is 11.7 Å². The molecule has 0 N–H and O–H groups in total. The third-order valence-corrected chi connectivity index (χ3v) is 6.46. The highest BCUT2D eigenvalue weighted by Gasteiger charge is 2.25. The molecule has 8 nitrogen and oxygen atoms in total. The van der Waals surface area contributed by atoms with Crippen LogP contribution in [0.25, 0.3) is 11.4 Å². The van der Waals surface area contributed by atoms with E-state index < -0.39 is 0 Å². The number of piperazine rings is 1. The summed E-state index contributed by atoms with van der Waals surface area (Å²) in [4.78, 5) is 26.2. The number of ether oxygens (including phenoxy) is 1. The number of hydrogen-bond acceptors (Lipinski definition) is 7. The minimum atomic E-state index is 0.0520. The van der Waals surface area contributed by atoms with Crippen LogP contribution in [0.3, 0.4) is 0 Å². The second-order valence-corrected chi connectivity index (χ2v) is 8.58. The summed E-state index contributed by atoms with van der Waals surface area (Å²) in [6.45, 7) is 5.35. The number of rotatable bonds is 6. The Morgan fingerprint density at radius 3 is 2.48 bits per heavy atom. The molecule has 0 radical (unpaired) electrons. The number of pyridine rings is 1. The van der Waals surface area contributed by atoms with Crippen molar-refractivity contribution in [3.8, 4) is 17.1 Å². The molecular weight excluding hydrogens is 418 g/mol. The number of hydrogen-bond donors (Lipinski definition) is 0. The van der Waals surface area contributed by atoms with Gasteiger partial charge in [0.25, 0.3) is 5.91 Å². The van der Waals surface area contributed by atoms with Crippen molar-refractivity contribution in [1.82, 2.24) is 20.0 Å². The first-order valence-corrected chi connectivity index (χ1v) is 11.8. The fourth-order valence-electron chi connectivity index (χ4n) is 4.58. The van der Waals surface area contributed by atoms with Crippen LogP contribution >= 0.6 is 0 Å². The molecule has 0 spiro atoms. The summed E-state index contributed by atoms with van der Waals surface area (Å²) in [5.41, 5.74) is 1.54. The van der Waals surface area contributed by atoms with Crippen molar-refractivity contribution in [1.29, 1.82) is 0 Å². The average molecular weight is 448 g/mol. The zero-order valence-corrected chi connectivity index (χ0v) is 18.9. The van der Waals surface area contributed by atoms with E-state index in [2.05, 4.69) is 20.0 Å². The maximum absolute atomic E-state index is 12.8. The topological polar surface area (TPSA) is 84.6 Å². The highest BCUT2D eigenvalue weighted by atomic mass is 16.5. The summed E-state index contributed by atoms with van der Waals surface area (Å²) in [5, 5.41) is 4.16. The Balaban J connectivity index is 1.17. The van der Waals surface area contributed by atoms with Crippen molar-refractivity contribution >= 4 is 11.7 Å². The smallest absolute Gasteiger partial charge is 0.253 e. The van der Waals surface area contributed by atoms with Crippen molar-refractivity contribution in [3.05, 3.63) is 54.0 Å². The molecule has 0 bridgehead atoms. The van der Waals surface area contributed by atoms with E-state index in [4.69, 9.17) is 9.26 Å². The number of anilines is 1. The van der Waals surface area contributed by atoms with Crippen molar-refractivity contribution in [2.24, 2.45) is 0 Å². The van der Waals surface area contributed by atoms with E-state index in [1.54, 1.807) is 6.20 Å². The molecule has 2 aliphatic rings. The van der Waals surface area contributed by atoms with Crippen LogP contribution in [-0.4, -0.2) is 58.7 Å². The number of aromatic nitrogens is 3. The molecule has 5 rings (SSSR count). The van der Waals surface area contributed by atoms with Gasteiger partial charge in [-0.25, -0.2) is 4.98 Å². The van der Waals surface area contributed by atoms with Gasteiger partial charge in [-0.2, -0.15) is 4.98 Å². The van der Waals surface area contributed by atoms with E-state index in [0.717, 1.165) is 49.0 Å². The Kier molecular flexibility index (Phi) is 6.24. The summed E-state index contributed by atoms with van der Waals surface area (Å²) in [5.74, 6) is 3.48. The highest BCUT2D eigenvalue weighted by molar-refractivity contribution is 5.94. The molecule has 172 valence electrons. The van der Waals surface area contributed by atoms with Gasteiger partial charge < -0.3 is 19.1 Å². The first-order valence-electron chi connectivity index (χ1n) is 11.8. The third-order valence-electron chi connectivity index (χ3n) is 6.46. The third kappa shape index (κ3) is 4.69. The minimum absolute atomic E-state index is 0.0520. The largest absolute Gasteiger partial charge is 0.494 e. The summed E-state index contributed by atoms with van der Waals surface area (Å²) >= 11 is 0. The second kappa shape index (κ2) is 9.60. The molecule has 1 aliphatic heterocycles. The van der Waals surface area contributed by atoms with Gasteiger partial charge in [0.15, 0.2) is 0 Å². The first-order chi connectivity index (χ1) is 16.2. The standard InChI is InChI=1S/C25H29N5O3/c1-2-32-21-10-7-19(8-11-21)25(31)30-15-13-29(14-16-30)22-12-9-20(17-26-22)23-27-24(33-28-23)18-5-3-4-6-18/h7-12,17-18H,2-6,13-16H2,1H3. The molecule has 1 saturated heterocycles. The van der Waals surface area contributed by atoms with E-state index in [9.17, 15) is 4.79 Å². The van der Waals surface area contributed by atoms with E-state index in [1.165, 1.54) is 12.8 Å². The number of carbonyl (C=O) groups is 1. The highest BCUT2D eigenvalue weighted by Crippen LogP contribution is 2.34. The van der Waals surface area contributed by atoms with Crippen LogP contribution in [0.4, 0.5) is 5.82 Å². The van der Waals surface area contributed by atoms with Crippen LogP contribution < -0.4 is 9.64 Å². The van der Waals surface area contributed by atoms with Crippen LogP contribution in [0.1, 0.15) is 54.8 Å². The van der Waals surface area contributed by atoms with Gasteiger partial charge in [0.05, 0.1) is 6.61 Å². The lowest BCUT2D eigenvalue weighted by atomic mass is 10.1. The molecule has 1 saturated carbocycles. The molecule has 0 atom stereocenters. The van der Waals surface area contributed by atoms with Crippen LogP contribution in [0, 0.1) is 0 Å². The molecule has 0 unspecified atom stereocenters. The van der Waals surface area contributed by atoms with E-state index in [-0.39, 0.29) is 5.91 Å². The molecule has 2 aromatic heterocycles. The van der Waals surface area contributed by atoms with Crippen molar-refractivity contribution in [2.45, 2.75) is 38.5 Å². The minimum Gasteiger partial charge on any atom is -0.494 e. The molecular formula is C25H29N5O3. The number of benzene rings is 1. The first kappa shape index (κ1) is 21.4. The van der Waals surface area contributed by atoms with Crippen molar-refractivity contribution in [3.63, 3.8) is 0 Å². The normalized spacial score (nSPS) is 16.9. The number of nitrogens with zero attached hydrogens (tertiary/aromatic N) is 5.